The third-order valence-electron chi connectivity index (χ3n) is 3.48. The van der Waals surface area contributed by atoms with Crippen LogP contribution in [0.15, 0.2) is 12.3 Å². The van der Waals surface area contributed by atoms with Gasteiger partial charge in [0.1, 0.15) is 0 Å². The molecule has 5 heteroatoms. The molecule has 2 heterocycles. The fourth-order valence-corrected chi connectivity index (χ4v) is 3.24. The maximum Gasteiger partial charge on any atom is 0.256 e. The van der Waals surface area contributed by atoms with Crippen LogP contribution >= 0.6 is 11.8 Å². The molecule has 0 spiro atoms. The molecular formula is C13H19N3OS. The molecule has 0 saturated carbocycles. The molecule has 1 fully saturated rings. The molecule has 0 aromatic carbocycles. The van der Waals surface area contributed by atoms with Crippen LogP contribution in [0.5, 0.6) is 0 Å². The van der Waals surface area contributed by atoms with E-state index in [4.69, 9.17) is 5.73 Å². The molecule has 2 rings (SSSR count). The highest BCUT2D eigenvalue weighted by atomic mass is 32.2. The second-order valence-electron chi connectivity index (χ2n) is 4.72. The minimum atomic E-state index is 0.0481. The van der Waals surface area contributed by atoms with Crippen molar-refractivity contribution in [2.45, 2.75) is 32.1 Å². The molecule has 1 saturated heterocycles. The summed E-state index contributed by atoms with van der Waals surface area (Å²) in [6, 6.07) is 1.97. The molecule has 1 aliphatic heterocycles. The van der Waals surface area contributed by atoms with Crippen LogP contribution in [-0.2, 0) is 0 Å². The fraction of sp³-hybridized carbons (Fsp3) is 0.538. The number of hydrogen-bond donors (Lipinski definition) is 1. The summed E-state index contributed by atoms with van der Waals surface area (Å²) in [6.07, 6.45) is 1.59. The summed E-state index contributed by atoms with van der Waals surface area (Å²) in [5.41, 5.74) is 7.63. The van der Waals surface area contributed by atoms with Crippen molar-refractivity contribution in [3.8, 4) is 0 Å². The number of nitrogens with two attached hydrogens (primary N) is 1. The van der Waals surface area contributed by atoms with Gasteiger partial charge in [-0.2, -0.15) is 11.8 Å². The van der Waals surface area contributed by atoms with Crippen molar-refractivity contribution < 1.29 is 4.79 Å². The van der Waals surface area contributed by atoms with E-state index < -0.39 is 0 Å². The van der Waals surface area contributed by atoms with E-state index >= 15 is 0 Å². The van der Waals surface area contributed by atoms with Crippen molar-refractivity contribution >= 4 is 23.4 Å². The SMILES string of the molecule is Cc1ncc(N)cc1C(=O)N1CCSC(C)C1C. The number of nitrogens with zero attached hydrogens (tertiary/aromatic N) is 2. The van der Waals surface area contributed by atoms with Crippen LogP contribution in [0.3, 0.4) is 0 Å². The van der Waals surface area contributed by atoms with E-state index in [9.17, 15) is 4.79 Å². The van der Waals surface area contributed by atoms with Gasteiger partial charge in [0.2, 0.25) is 0 Å². The first-order valence-electron chi connectivity index (χ1n) is 6.15. The van der Waals surface area contributed by atoms with E-state index in [1.807, 2.05) is 23.6 Å². The highest BCUT2D eigenvalue weighted by Gasteiger charge is 2.30. The lowest BCUT2D eigenvalue weighted by Gasteiger charge is -2.37. The van der Waals surface area contributed by atoms with Crippen LogP contribution in [0.1, 0.15) is 29.9 Å². The molecular weight excluding hydrogens is 246 g/mol. The number of anilines is 1. The lowest BCUT2D eigenvalue weighted by Crippen LogP contribution is -2.48. The molecule has 0 bridgehead atoms. The molecule has 2 atom stereocenters. The molecule has 2 N–H and O–H groups in total. The minimum absolute atomic E-state index is 0.0481. The number of aromatic nitrogens is 1. The zero-order valence-electron chi connectivity index (χ0n) is 11.0. The smallest absolute Gasteiger partial charge is 0.256 e. The Morgan fingerprint density at radius 3 is 3.00 bits per heavy atom. The van der Waals surface area contributed by atoms with Gasteiger partial charge >= 0.3 is 0 Å². The van der Waals surface area contributed by atoms with Crippen LogP contribution in [0.2, 0.25) is 0 Å². The van der Waals surface area contributed by atoms with Crippen LogP contribution in [0.25, 0.3) is 0 Å². The quantitative estimate of drug-likeness (QED) is 0.843. The minimum Gasteiger partial charge on any atom is -0.397 e. The predicted octanol–water partition coefficient (Wildman–Crippen LogP) is 1.94. The number of rotatable bonds is 1. The van der Waals surface area contributed by atoms with Gasteiger partial charge in [0.05, 0.1) is 23.1 Å². The van der Waals surface area contributed by atoms with Crippen molar-refractivity contribution in [3.05, 3.63) is 23.5 Å². The van der Waals surface area contributed by atoms with Gasteiger partial charge in [0.25, 0.3) is 5.91 Å². The Balaban J connectivity index is 2.27. The van der Waals surface area contributed by atoms with Gasteiger partial charge in [-0.3, -0.25) is 9.78 Å². The van der Waals surface area contributed by atoms with Crippen molar-refractivity contribution in [3.63, 3.8) is 0 Å². The Kier molecular flexibility index (Phi) is 3.80. The zero-order valence-corrected chi connectivity index (χ0v) is 11.8. The van der Waals surface area contributed by atoms with Crippen LogP contribution < -0.4 is 5.73 Å². The van der Waals surface area contributed by atoms with Crippen molar-refractivity contribution in [1.82, 2.24) is 9.88 Å². The summed E-state index contributed by atoms with van der Waals surface area (Å²) in [6.45, 7) is 6.91. The number of carbonyl (C=O) groups is 1. The van der Waals surface area contributed by atoms with Gasteiger partial charge < -0.3 is 10.6 Å². The maximum atomic E-state index is 12.5. The van der Waals surface area contributed by atoms with Crippen molar-refractivity contribution in [2.24, 2.45) is 0 Å². The van der Waals surface area contributed by atoms with Gasteiger partial charge in [-0.05, 0) is 19.9 Å². The Morgan fingerprint density at radius 2 is 2.28 bits per heavy atom. The average Bonchev–Trinajstić information content (AvgIpc) is 2.35. The molecule has 98 valence electrons. The Morgan fingerprint density at radius 1 is 1.56 bits per heavy atom. The Labute approximate surface area is 112 Å². The second-order valence-corrected chi connectivity index (χ2v) is 6.20. The van der Waals surface area contributed by atoms with Crippen LogP contribution in [0, 0.1) is 6.92 Å². The standard InChI is InChI=1S/C13H19N3OS/c1-8-12(6-11(14)7-15-8)13(17)16-4-5-18-10(3)9(16)2/h6-7,9-10H,4-5,14H2,1-3H3. The lowest BCUT2D eigenvalue weighted by molar-refractivity contribution is 0.0697. The molecule has 0 aliphatic carbocycles. The number of pyridine rings is 1. The molecule has 1 aliphatic rings. The largest absolute Gasteiger partial charge is 0.397 e. The first-order chi connectivity index (χ1) is 8.50. The fourth-order valence-electron chi connectivity index (χ4n) is 2.14. The summed E-state index contributed by atoms with van der Waals surface area (Å²) < 4.78 is 0. The molecule has 1 aromatic rings. The summed E-state index contributed by atoms with van der Waals surface area (Å²) in [4.78, 5) is 18.6. The highest BCUT2D eigenvalue weighted by Crippen LogP contribution is 2.26. The van der Waals surface area contributed by atoms with Crippen molar-refractivity contribution in [1.29, 1.82) is 0 Å². The summed E-state index contributed by atoms with van der Waals surface area (Å²) in [5, 5.41) is 0.469. The molecule has 1 aromatic heterocycles. The third kappa shape index (κ3) is 2.46. The van der Waals surface area contributed by atoms with E-state index in [0.29, 0.717) is 16.5 Å². The number of aryl methyl sites for hydroxylation is 1. The summed E-state index contributed by atoms with van der Waals surface area (Å²) >= 11 is 1.92. The van der Waals surface area contributed by atoms with E-state index in [1.165, 1.54) is 0 Å². The number of carbonyl (C=O) groups excluding carboxylic acids is 1. The van der Waals surface area contributed by atoms with Crippen molar-refractivity contribution in [2.75, 3.05) is 18.0 Å². The van der Waals surface area contributed by atoms with E-state index in [0.717, 1.165) is 18.0 Å². The van der Waals surface area contributed by atoms with Gasteiger partial charge in [0.15, 0.2) is 0 Å². The van der Waals surface area contributed by atoms with Crippen LogP contribution in [0.4, 0.5) is 5.69 Å². The molecule has 18 heavy (non-hydrogen) atoms. The maximum absolute atomic E-state index is 12.5. The molecule has 1 amide bonds. The van der Waals surface area contributed by atoms with Gasteiger partial charge in [0, 0.05) is 23.6 Å². The number of nitrogen functional groups attached to an aromatic ring is 1. The topological polar surface area (TPSA) is 59.2 Å². The van der Waals surface area contributed by atoms with E-state index in [2.05, 4.69) is 18.8 Å². The Hall–Kier alpha value is -1.23. The van der Waals surface area contributed by atoms with E-state index in [-0.39, 0.29) is 11.9 Å². The highest BCUT2D eigenvalue weighted by molar-refractivity contribution is 8.00. The monoisotopic (exact) mass is 265 g/mol. The zero-order chi connectivity index (χ0) is 13.3. The lowest BCUT2D eigenvalue weighted by atomic mass is 10.1. The van der Waals surface area contributed by atoms with Gasteiger partial charge in [-0.15, -0.1) is 0 Å². The summed E-state index contributed by atoms with van der Waals surface area (Å²) in [7, 11) is 0. The number of thioether (sulfide) groups is 1. The molecule has 0 radical (unpaired) electrons. The number of amides is 1. The second kappa shape index (κ2) is 5.18. The third-order valence-corrected chi connectivity index (χ3v) is 4.82. The molecule has 4 nitrogen and oxygen atoms in total. The Bertz CT molecular complexity index is 464. The average molecular weight is 265 g/mol. The van der Waals surface area contributed by atoms with E-state index in [1.54, 1.807) is 12.3 Å². The first-order valence-corrected chi connectivity index (χ1v) is 7.20. The predicted molar refractivity (Wildman–Crippen MR) is 75.8 cm³/mol. The van der Waals surface area contributed by atoms with Crippen LogP contribution in [-0.4, -0.2) is 39.4 Å². The first kappa shape index (κ1) is 13.2. The number of hydrogen-bond acceptors (Lipinski definition) is 4. The normalized spacial score (nSPS) is 24.1. The van der Waals surface area contributed by atoms with Gasteiger partial charge in [-0.25, -0.2) is 0 Å². The van der Waals surface area contributed by atoms with Gasteiger partial charge in [-0.1, -0.05) is 6.92 Å². The molecule has 2 unspecified atom stereocenters. The summed E-state index contributed by atoms with van der Waals surface area (Å²) in [5.74, 6) is 1.04.